The number of hydrogen-bond acceptors (Lipinski definition) is 4. The second-order valence-electron chi connectivity index (χ2n) is 12.2. The van der Waals surface area contributed by atoms with E-state index >= 15 is 0 Å². The first-order chi connectivity index (χ1) is 16.2. The van der Waals surface area contributed by atoms with E-state index in [0.717, 1.165) is 40.9 Å². The van der Waals surface area contributed by atoms with Crippen molar-refractivity contribution in [1.82, 2.24) is 0 Å². The van der Waals surface area contributed by atoms with Crippen LogP contribution in [0.15, 0.2) is 52.9 Å². The van der Waals surface area contributed by atoms with Gasteiger partial charge < -0.3 is 13.9 Å². The van der Waals surface area contributed by atoms with Gasteiger partial charge in [-0.25, -0.2) is 0 Å². The summed E-state index contributed by atoms with van der Waals surface area (Å²) in [5.74, 6) is 1.30. The van der Waals surface area contributed by atoms with Crippen LogP contribution in [0, 0.1) is 11.3 Å². The zero-order valence-corrected chi connectivity index (χ0v) is 23.0. The van der Waals surface area contributed by atoms with Gasteiger partial charge in [0.2, 0.25) is 0 Å². The molecule has 0 radical (unpaired) electrons. The minimum Gasteiger partial charge on any atom is -0.488 e. The minimum absolute atomic E-state index is 0.0773. The van der Waals surface area contributed by atoms with Gasteiger partial charge in [-0.1, -0.05) is 58.9 Å². The number of benzene rings is 2. The molecule has 0 saturated carbocycles. The zero-order valence-electron chi connectivity index (χ0n) is 23.0. The molecule has 1 aromatic heterocycles. The zero-order chi connectivity index (χ0) is 26.0. The highest BCUT2D eigenvalue weighted by atomic mass is 16.6. The van der Waals surface area contributed by atoms with Gasteiger partial charge in [-0.05, 0) is 69.7 Å². The summed E-state index contributed by atoms with van der Waals surface area (Å²) in [6.07, 6.45) is 2.29. The van der Waals surface area contributed by atoms with E-state index in [-0.39, 0.29) is 17.3 Å². The largest absolute Gasteiger partial charge is 0.488 e. The number of carbonyl (C=O) groups excluding carboxylic acids is 1. The molecule has 0 aliphatic rings. The Hall–Kier alpha value is -2.75. The van der Waals surface area contributed by atoms with Crippen molar-refractivity contribution in [2.75, 3.05) is 0 Å². The monoisotopic (exact) mass is 478 g/mol. The van der Waals surface area contributed by atoms with E-state index in [4.69, 9.17) is 13.9 Å². The number of carbonyl (C=O) groups is 1. The van der Waals surface area contributed by atoms with Crippen molar-refractivity contribution in [1.29, 1.82) is 0 Å². The number of aryl methyl sites for hydroxylation is 1. The highest BCUT2D eigenvalue weighted by Gasteiger charge is 2.35. The van der Waals surface area contributed by atoms with E-state index < -0.39 is 11.2 Å². The Labute approximate surface area is 211 Å². The van der Waals surface area contributed by atoms with Crippen molar-refractivity contribution in [3.05, 3.63) is 54.1 Å². The molecule has 0 spiro atoms. The van der Waals surface area contributed by atoms with Crippen molar-refractivity contribution in [3.63, 3.8) is 0 Å². The smallest absolute Gasteiger partial charge is 0.309 e. The molecule has 1 atom stereocenters. The second-order valence-corrected chi connectivity index (χ2v) is 12.2. The van der Waals surface area contributed by atoms with Crippen LogP contribution in [0.3, 0.4) is 0 Å². The summed E-state index contributed by atoms with van der Waals surface area (Å²) in [5.41, 5.74) is 2.05. The first-order valence-corrected chi connectivity index (χ1v) is 12.7. The molecule has 0 aliphatic heterocycles. The van der Waals surface area contributed by atoms with E-state index in [1.165, 1.54) is 5.56 Å². The van der Waals surface area contributed by atoms with Crippen LogP contribution < -0.4 is 4.74 Å². The topological polar surface area (TPSA) is 48.7 Å². The van der Waals surface area contributed by atoms with Crippen molar-refractivity contribution >= 4 is 16.9 Å². The lowest BCUT2D eigenvalue weighted by Gasteiger charge is -2.36. The van der Waals surface area contributed by atoms with E-state index in [1.807, 2.05) is 58.9 Å². The lowest BCUT2D eigenvalue weighted by molar-refractivity contribution is -0.165. The molecule has 1 unspecified atom stereocenters. The first-order valence-electron chi connectivity index (χ1n) is 12.7. The third-order valence-electron chi connectivity index (χ3n) is 6.10. The SMILES string of the molecule is CCc1ccccc1-c1cc2ccc(OC(C)(C)CC(C)(C)OC(=O)C(C)CC(C)(C)C)cc2o1. The van der Waals surface area contributed by atoms with Gasteiger partial charge in [0.15, 0.2) is 0 Å². The van der Waals surface area contributed by atoms with Crippen LogP contribution in [-0.4, -0.2) is 17.2 Å². The number of furan rings is 1. The molecule has 0 fully saturated rings. The summed E-state index contributed by atoms with van der Waals surface area (Å²) >= 11 is 0. The lowest BCUT2D eigenvalue weighted by atomic mass is 9.85. The molecule has 1 heterocycles. The van der Waals surface area contributed by atoms with Crippen LogP contribution in [0.25, 0.3) is 22.3 Å². The molecule has 0 amide bonds. The summed E-state index contributed by atoms with van der Waals surface area (Å²) in [7, 11) is 0. The van der Waals surface area contributed by atoms with Crippen LogP contribution in [0.4, 0.5) is 0 Å². The first kappa shape index (κ1) is 26.8. The molecular formula is C31H42O4. The maximum atomic E-state index is 12.7. The Balaban J connectivity index is 1.72. The predicted molar refractivity (Wildman–Crippen MR) is 144 cm³/mol. The van der Waals surface area contributed by atoms with Gasteiger partial charge in [0.1, 0.15) is 28.3 Å². The van der Waals surface area contributed by atoms with E-state index in [0.29, 0.717) is 6.42 Å². The normalized spacial score (nSPS) is 13.6. The summed E-state index contributed by atoms with van der Waals surface area (Å²) in [5, 5.41) is 1.04. The fraction of sp³-hybridized carbons (Fsp3) is 0.516. The Morgan fingerprint density at radius 2 is 1.63 bits per heavy atom. The summed E-state index contributed by atoms with van der Waals surface area (Å²) in [6, 6.07) is 16.4. The van der Waals surface area contributed by atoms with E-state index in [2.05, 4.69) is 52.0 Å². The third kappa shape index (κ3) is 7.37. The van der Waals surface area contributed by atoms with Crippen molar-refractivity contribution in [2.45, 2.75) is 92.8 Å². The minimum atomic E-state index is -0.654. The number of rotatable bonds is 9. The van der Waals surface area contributed by atoms with Gasteiger partial charge in [0.25, 0.3) is 0 Å². The van der Waals surface area contributed by atoms with Crippen LogP contribution >= 0.6 is 0 Å². The lowest BCUT2D eigenvalue weighted by Crippen LogP contribution is -2.41. The molecule has 0 saturated heterocycles. The quantitative estimate of drug-likeness (QED) is 0.289. The highest BCUT2D eigenvalue weighted by Crippen LogP contribution is 2.35. The fourth-order valence-corrected chi connectivity index (χ4v) is 5.07. The number of fused-ring (bicyclic) bond motifs is 1. The second kappa shape index (κ2) is 10.1. The molecule has 3 aromatic rings. The maximum absolute atomic E-state index is 12.7. The van der Waals surface area contributed by atoms with Crippen LogP contribution in [-0.2, 0) is 16.0 Å². The average molecular weight is 479 g/mol. The van der Waals surface area contributed by atoms with Gasteiger partial charge in [-0.15, -0.1) is 0 Å². The molecular weight excluding hydrogens is 436 g/mol. The Morgan fingerprint density at radius 1 is 0.943 bits per heavy atom. The van der Waals surface area contributed by atoms with Gasteiger partial charge in [-0.2, -0.15) is 0 Å². The maximum Gasteiger partial charge on any atom is 0.309 e. The number of ether oxygens (including phenoxy) is 2. The molecule has 0 N–H and O–H groups in total. The number of hydrogen-bond donors (Lipinski definition) is 0. The molecule has 4 heteroatoms. The molecule has 190 valence electrons. The molecule has 0 aliphatic carbocycles. The summed E-state index contributed by atoms with van der Waals surface area (Å²) < 4.78 is 18.5. The van der Waals surface area contributed by atoms with Gasteiger partial charge in [-0.3, -0.25) is 4.79 Å². The Bertz CT molecular complexity index is 1160. The Morgan fingerprint density at radius 3 is 2.29 bits per heavy atom. The van der Waals surface area contributed by atoms with Crippen molar-refractivity contribution < 1.29 is 18.7 Å². The Kier molecular flexibility index (Phi) is 7.74. The van der Waals surface area contributed by atoms with Crippen molar-refractivity contribution in [2.24, 2.45) is 11.3 Å². The number of esters is 1. The highest BCUT2D eigenvalue weighted by molar-refractivity contribution is 5.84. The van der Waals surface area contributed by atoms with Gasteiger partial charge in [0.05, 0.1) is 5.92 Å². The van der Waals surface area contributed by atoms with Crippen molar-refractivity contribution in [3.8, 4) is 17.1 Å². The average Bonchev–Trinajstić information content (AvgIpc) is 3.14. The van der Waals surface area contributed by atoms with Crippen LogP contribution in [0.2, 0.25) is 0 Å². The van der Waals surface area contributed by atoms with Gasteiger partial charge >= 0.3 is 5.97 Å². The van der Waals surface area contributed by atoms with Gasteiger partial charge in [0, 0.05) is 23.4 Å². The third-order valence-corrected chi connectivity index (χ3v) is 6.10. The van der Waals surface area contributed by atoms with E-state index in [9.17, 15) is 4.79 Å². The molecule has 35 heavy (non-hydrogen) atoms. The molecule has 3 rings (SSSR count). The predicted octanol–water partition coefficient (Wildman–Crippen LogP) is 8.60. The van der Waals surface area contributed by atoms with Crippen LogP contribution in [0.1, 0.15) is 80.7 Å². The molecule has 0 bridgehead atoms. The van der Waals surface area contributed by atoms with E-state index in [1.54, 1.807) is 0 Å². The standard InChI is InChI=1S/C31H42O4/c1-10-22-13-11-12-14-25(22)27-17-23-15-16-24(18-26(23)33-27)34-30(6,7)20-31(8,9)35-28(32)21(2)19-29(3,4)5/h11-18,21H,10,19-20H2,1-9H3. The molecule has 4 nitrogen and oxygen atoms in total. The molecule has 2 aromatic carbocycles. The summed E-state index contributed by atoms with van der Waals surface area (Å²) in [6.45, 7) is 18.5. The van der Waals surface area contributed by atoms with Crippen LogP contribution in [0.5, 0.6) is 5.75 Å². The summed E-state index contributed by atoms with van der Waals surface area (Å²) in [4.78, 5) is 12.7. The fourth-order valence-electron chi connectivity index (χ4n) is 5.07.